The van der Waals surface area contributed by atoms with Crippen molar-refractivity contribution in [2.24, 2.45) is 22.7 Å². The van der Waals surface area contributed by atoms with Crippen molar-refractivity contribution in [1.29, 1.82) is 0 Å². The normalized spacial score (nSPS) is 31.3. The molecule has 1 aliphatic heterocycles. The standard InChI is InChI=1S/C23H40FNO/c1-22(2,3)13-7-15-26-21-12-14-25(17-20(21)24)16-18-8-10-19(11-9-18)23(4,5)6/h18-21H,8-12,14-17H2,1-6H3/t18?,19?,20-,21-/m1/s1. The quantitative estimate of drug-likeness (QED) is 0.625. The van der Waals surface area contributed by atoms with Crippen molar-refractivity contribution < 1.29 is 9.13 Å². The van der Waals surface area contributed by atoms with E-state index in [1.165, 1.54) is 25.7 Å². The van der Waals surface area contributed by atoms with Gasteiger partial charge in [0.1, 0.15) is 12.8 Å². The Morgan fingerprint density at radius 1 is 1.00 bits per heavy atom. The number of nitrogens with zero attached hydrogens (tertiary/aromatic N) is 1. The van der Waals surface area contributed by atoms with Crippen LogP contribution in [0.2, 0.25) is 0 Å². The molecule has 2 nitrogen and oxygen atoms in total. The minimum atomic E-state index is -0.883. The molecule has 0 bridgehead atoms. The van der Waals surface area contributed by atoms with Crippen LogP contribution >= 0.6 is 0 Å². The van der Waals surface area contributed by atoms with E-state index in [0.29, 0.717) is 18.6 Å². The maximum Gasteiger partial charge on any atom is 0.139 e. The Bertz CT molecular complexity index is 485. The second kappa shape index (κ2) is 9.07. The van der Waals surface area contributed by atoms with Crippen molar-refractivity contribution in [3.05, 3.63) is 0 Å². The fraction of sp³-hybridized carbons (Fsp3) is 0.913. The minimum absolute atomic E-state index is 0.0200. The van der Waals surface area contributed by atoms with Crippen LogP contribution in [0.3, 0.4) is 0 Å². The molecule has 1 aliphatic carbocycles. The molecule has 1 saturated heterocycles. The van der Waals surface area contributed by atoms with Gasteiger partial charge >= 0.3 is 0 Å². The van der Waals surface area contributed by atoms with E-state index in [1.54, 1.807) is 0 Å². The van der Waals surface area contributed by atoms with E-state index < -0.39 is 6.17 Å². The van der Waals surface area contributed by atoms with Gasteiger partial charge in [-0.15, -0.1) is 0 Å². The van der Waals surface area contributed by atoms with Gasteiger partial charge in [0, 0.05) is 25.0 Å². The molecule has 2 rings (SSSR count). The molecule has 26 heavy (non-hydrogen) atoms. The Morgan fingerprint density at radius 3 is 2.19 bits per heavy atom. The van der Waals surface area contributed by atoms with Gasteiger partial charge in [-0.05, 0) is 70.1 Å². The number of rotatable bonds is 4. The monoisotopic (exact) mass is 365 g/mol. The highest BCUT2D eigenvalue weighted by Crippen LogP contribution is 2.40. The van der Waals surface area contributed by atoms with E-state index in [-0.39, 0.29) is 11.5 Å². The lowest BCUT2D eigenvalue weighted by molar-refractivity contribution is -0.0386. The van der Waals surface area contributed by atoms with E-state index in [0.717, 1.165) is 31.3 Å². The van der Waals surface area contributed by atoms with E-state index >= 15 is 0 Å². The van der Waals surface area contributed by atoms with Crippen molar-refractivity contribution in [3.8, 4) is 11.8 Å². The Balaban J connectivity index is 1.69. The first-order valence-electron chi connectivity index (χ1n) is 10.5. The zero-order valence-electron chi connectivity index (χ0n) is 17.9. The van der Waals surface area contributed by atoms with Crippen molar-refractivity contribution in [1.82, 2.24) is 4.90 Å². The summed E-state index contributed by atoms with van der Waals surface area (Å²) in [6.45, 7) is 16.2. The summed E-state index contributed by atoms with van der Waals surface area (Å²) < 4.78 is 20.2. The zero-order valence-corrected chi connectivity index (χ0v) is 17.9. The molecule has 0 aromatic rings. The second-order valence-corrected chi connectivity index (χ2v) is 10.5. The van der Waals surface area contributed by atoms with Crippen molar-refractivity contribution >= 4 is 0 Å². The number of alkyl halides is 1. The number of ether oxygens (including phenoxy) is 1. The van der Waals surface area contributed by atoms with Crippen LogP contribution in [0.15, 0.2) is 0 Å². The molecule has 2 fully saturated rings. The van der Waals surface area contributed by atoms with Gasteiger partial charge in [-0.1, -0.05) is 32.6 Å². The van der Waals surface area contributed by atoms with E-state index in [2.05, 4.69) is 58.3 Å². The molecule has 2 aliphatic rings. The highest BCUT2D eigenvalue weighted by Gasteiger charge is 2.33. The molecule has 0 radical (unpaired) electrons. The molecule has 3 heteroatoms. The summed E-state index contributed by atoms with van der Waals surface area (Å²) in [7, 11) is 0. The topological polar surface area (TPSA) is 12.5 Å². The zero-order chi connectivity index (χ0) is 19.4. The van der Waals surface area contributed by atoms with Crippen LogP contribution in [0.1, 0.15) is 73.6 Å². The van der Waals surface area contributed by atoms with E-state index in [9.17, 15) is 4.39 Å². The summed E-state index contributed by atoms with van der Waals surface area (Å²) >= 11 is 0. The predicted molar refractivity (Wildman–Crippen MR) is 108 cm³/mol. The molecule has 150 valence electrons. The maximum absolute atomic E-state index is 14.5. The fourth-order valence-corrected chi connectivity index (χ4v) is 4.33. The highest BCUT2D eigenvalue weighted by molar-refractivity contribution is 5.07. The summed E-state index contributed by atoms with van der Waals surface area (Å²) in [5.41, 5.74) is 0.411. The van der Waals surface area contributed by atoms with E-state index in [4.69, 9.17) is 4.74 Å². The summed E-state index contributed by atoms with van der Waals surface area (Å²) in [6, 6.07) is 0. The van der Waals surface area contributed by atoms with Gasteiger partial charge in [-0.3, -0.25) is 4.90 Å². The Labute approximate surface area is 161 Å². The van der Waals surface area contributed by atoms with Gasteiger partial charge in [0.25, 0.3) is 0 Å². The van der Waals surface area contributed by atoms with Crippen LogP contribution < -0.4 is 0 Å². The third-order valence-corrected chi connectivity index (χ3v) is 5.99. The smallest absolute Gasteiger partial charge is 0.139 e. The summed E-state index contributed by atoms with van der Waals surface area (Å²) in [5.74, 6) is 7.77. The molecule has 1 saturated carbocycles. The van der Waals surface area contributed by atoms with Gasteiger partial charge in [0.05, 0.1) is 6.10 Å². The van der Waals surface area contributed by atoms with Crippen molar-refractivity contribution in [2.45, 2.75) is 85.9 Å². The van der Waals surface area contributed by atoms with Crippen molar-refractivity contribution in [3.63, 3.8) is 0 Å². The summed E-state index contributed by atoms with van der Waals surface area (Å²) in [5, 5.41) is 0. The molecule has 2 atom stereocenters. The number of halogens is 1. The van der Waals surface area contributed by atoms with Crippen LogP contribution in [0.25, 0.3) is 0 Å². The Hall–Kier alpha value is -0.590. The van der Waals surface area contributed by atoms with Crippen LogP contribution in [0, 0.1) is 34.5 Å². The maximum atomic E-state index is 14.5. The molecule has 1 heterocycles. The first kappa shape index (κ1) is 21.7. The van der Waals surface area contributed by atoms with E-state index in [1.807, 2.05) is 0 Å². The second-order valence-electron chi connectivity index (χ2n) is 10.5. The molecule has 0 aromatic carbocycles. The highest BCUT2D eigenvalue weighted by atomic mass is 19.1. The average molecular weight is 366 g/mol. The van der Waals surface area contributed by atoms with Gasteiger partial charge in [-0.25, -0.2) is 4.39 Å². The summed E-state index contributed by atoms with van der Waals surface area (Å²) in [6.07, 6.45) is 4.90. The number of likely N-dealkylation sites (tertiary alicyclic amines) is 1. The molecule has 0 unspecified atom stereocenters. The number of piperidine rings is 1. The largest absolute Gasteiger partial charge is 0.362 e. The number of hydrogen-bond acceptors (Lipinski definition) is 2. The van der Waals surface area contributed by atoms with Crippen LogP contribution in [0.5, 0.6) is 0 Å². The van der Waals surface area contributed by atoms with Gasteiger partial charge < -0.3 is 4.74 Å². The fourth-order valence-electron chi connectivity index (χ4n) is 4.33. The lowest BCUT2D eigenvalue weighted by Crippen LogP contribution is -2.47. The summed E-state index contributed by atoms with van der Waals surface area (Å²) in [4.78, 5) is 2.33. The first-order valence-corrected chi connectivity index (χ1v) is 10.5. The van der Waals surface area contributed by atoms with Gasteiger partial charge in [-0.2, -0.15) is 0 Å². The number of hydrogen-bond donors (Lipinski definition) is 0. The molecule has 0 aromatic heterocycles. The minimum Gasteiger partial charge on any atom is -0.362 e. The molecule has 0 N–H and O–H groups in total. The molecule has 0 amide bonds. The van der Waals surface area contributed by atoms with Gasteiger partial charge in [0.2, 0.25) is 0 Å². The lowest BCUT2D eigenvalue weighted by Gasteiger charge is -2.40. The Morgan fingerprint density at radius 2 is 1.65 bits per heavy atom. The van der Waals surface area contributed by atoms with Crippen LogP contribution in [-0.2, 0) is 4.74 Å². The van der Waals surface area contributed by atoms with Gasteiger partial charge in [0.15, 0.2) is 0 Å². The predicted octanol–water partition coefficient (Wildman–Crippen LogP) is 5.32. The molecule has 0 spiro atoms. The first-order chi connectivity index (χ1) is 12.0. The lowest BCUT2D eigenvalue weighted by atomic mass is 9.70. The van der Waals surface area contributed by atoms with Crippen LogP contribution in [0.4, 0.5) is 4.39 Å². The molecular weight excluding hydrogens is 325 g/mol. The SMILES string of the molecule is CC(C)(C)C#CCO[C@@H]1CCN(CC2CCC(C(C)(C)C)CC2)C[C@H]1F. The average Bonchev–Trinajstić information content (AvgIpc) is 2.52. The van der Waals surface area contributed by atoms with Crippen molar-refractivity contribution in [2.75, 3.05) is 26.2 Å². The Kier molecular flexibility index (Phi) is 7.57. The van der Waals surface area contributed by atoms with Crippen LogP contribution in [-0.4, -0.2) is 43.4 Å². The third kappa shape index (κ3) is 7.20. The molecular formula is C23H40FNO. The third-order valence-electron chi connectivity index (χ3n) is 5.99.